The van der Waals surface area contributed by atoms with Crippen LogP contribution in [0.1, 0.15) is 6.42 Å². The zero-order chi connectivity index (χ0) is 11.7. The lowest BCUT2D eigenvalue weighted by molar-refractivity contribution is 0.249. The van der Waals surface area contributed by atoms with E-state index in [9.17, 15) is 0 Å². The molecule has 0 saturated carbocycles. The Kier molecular flexibility index (Phi) is 2.89. The fourth-order valence-electron chi connectivity index (χ4n) is 3.04. The molecule has 2 fully saturated rings. The van der Waals surface area contributed by atoms with Crippen LogP contribution in [0.25, 0.3) is 0 Å². The van der Waals surface area contributed by atoms with Gasteiger partial charge in [-0.25, -0.2) is 4.98 Å². The van der Waals surface area contributed by atoms with E-state index in [-0.39, 0.29) is 0 Å². The molecule has 0 spiro atoms. The van der Waals surface area contributed by atoms with Gasteiger partial charge < -0.3 is 15.5 Å². The maximum absolute atomic E-state index is 4.40. The molecule has 0 amide bonds. The summed E-state index contributed by atoms with van der Waals surface area (Å²) in [5.74, 6) is 2.56. The summed E-state index contributed by atoms with van der Waals surface area (Å²) < 4.78 is 0. The van der Waals surface area contributed by atoms with Crippen molar-refractivity contribution in [1.29, 1.82) is 0 Å². The van der Waals surface area contributed by atoms with Gasteiger partial charge in [-0.3, -0.25) is 0 Å². The average molecular weight is 232 g/mol. The van der Waals surface area contributed by atoms with E-state index in [1.165, 1.54) is 38.3 Å². The molecule has 92 valence electrons. The summed E-state index contributed by atoms with van der Waals surface area (Å²) in [4.78, 5) is 6.89. The molecule has 1 aromatic heterocycles. The molecule has 2 N–H and O–H groups in total. The van der Waals surface area contributed by atoms with Crippen LogP contribution in [0.2, 0.25) is 0 Å². The van der Waals surface area contributed by atoms with Crippen LogP contribution in [-0.4, -0.2) is 38.2 Å². The zero-order valence-electron chi connectivity index (χ0n) is 10.3. The van der Waals surface area contributed by atoms with Crippen molar-refractivity contribution in [2.75, 3.05) is 43.4 Å². The van der Waals surface area contributed by atoms with Gasteiger partial charge in [-0.2, -0.15) is 0 Å². The van der Waals surface area contributed by atoms with Gasteiger partial charge in [0.1, 0.15) is 5.82 Å². The third-order valence-electron chi connectivity index (χ3n) is 3.86. The highest BCUT2D eigenvalue weighted by molar-refractivity contribution is 5.49. The second-order valence-corrected chi connectivity index (χ2v) is 5.18. The number of rotatable bonds is 2. The van der Waals surface area contributed by atoms with Crippen LogP contribution < -0.4 is 15.5 Å². The van der Waals surface area contributed by atoms with Crippen molar-refractivity contribution < 1.29 is 0 Å². The fraction of sp³-hybridized carbons (Fsp3) is 0.615. The predicted molar refractivity (Wildman–Crippen MR) is 70.5 cm³/mol. The summed E-state index contributed by atoms with van der Waals surface area (Å²) in [6.45, 7) is 4.69. The van der Waals surface area contributed by atoms with E-state index >= 15 is 0 Å². The van der Waals surface area contributed by atoms with E-state index in [0.717, 1.165) is 17.7 Å². The number of fused-ring (bicyclic) bond motifs is 2. The van der Waals surface area contributed by atoms with Gasteiger partial charge in [-0.05, 0) is 43.5 Å². The molecule has 4 nitrogen and oxygen atoms in total. The van der Waals surface area contributed by atoms with Crippen molar-refractivity contribution in [1.82, 2.24) is 10.3 Å². The highest BCUT2D eigenvalue weighted by Crippen LogP contribution is 2.28. The minimum atomic E-state index is 0.812. The smallest absolute Gasteiger partial charge is 0.125 e. The number of aromatic nitrogens is 1. The average Bonchev–Trinajstić information content (AvgIpc) is 2.38. The van der Waals surface area contributed by atoms with E-state index in [1.807, 2.05) is 13.2 Å². The summed E-state index contributed by atoms with van der Waals surface area (Å²) >= 11 is 0. The Balaban J connectivity index is 1.74. The molecule has 3 rings (SSSR count). The quantitative estimate of drug-likeness (QED) is 0.803. The molecule has 0 aliphatic carbocycles. The summed E-state index contributed by atoms with van der Waals surface area (Å²) in [7, 11) is 1.90. The SMILES string of the molecule is CNc1ccc(N2CC3CNCC(C3)C2)cn1. The zero-order valence-corrected chi connectivity index (χ0v) is 10.3. The van der Waals surface area contributed by atoms with Crippen LogP contribution >= 0.6 is 0 Å². The first-order chi connectivity index (χ1) is 8.35. The second kappa shape index (κ2) is 4.53. The fourth-order valence-corrected chi connectivity index (χ4v) is 3.04. The van der Waals surface area contributed by atoms with Crippen molar-refractivity contribution in [3.8, 4) is 0 Å². The number of nitrogens with zero attached hydrogens (tertiary/aromatic N) is 2. The first kappa shape index (κ1) is 10.8. The minimum Gasteiger partial charge on any atom is -0.373 e. The molecule has 2 aliphatic heterocycles. The standard InChI is InChI=1S/C13H20N4/c1-14-13-3-2-12(7-16-13)17-8-10-4-11(9-17)6-15-5-10/h2-3,7,10-11,15H,4-6,8-9H2,1H3,(H,14,16). The highest BCUT2D eigenvalue weighted by atomic mass is 15.2. The molecule has 0 aromatic carbocycles. The van der Waals surface area contributed by atoms with Crippen molar-refractivity contribution >= 4 is 11.5 Å². The molecule has 2 aliphatic rings. The number of hydrogen-bond acceptors (Lipinski definition) is 4. The summed E-state index contributed by atoms with van der Waals surface area (Å²) in [5.41, 5.74) is 1.26. The number of nitrogens with one attached hydrogen (secondary N) is 2. The summed E-state index contributed by atoms with van der Waals surface area (Å²) in [5, 5.41) is 6.58. The molecule has 0 radical (unpaired) electrons. The van der Waals surface area contributed by atoms with Crippen LogP contribution in [0.15, 0.2) is 18.3 Å². The molecule has 17 heavy (non-hydrogen) atoms. The number of anilines is 2. The molecule has 2 atom stereocenters. The van der Waals surface area contributed by atoms with E-state index in [4.69, 9.17) is 0 Å². The van der Waals surface area contributed by atoms with Gasteiger partial charge in [0.15, 0.2) is 0 Å². The van der Waals surface area contributed by atoms with Crippen LogP contribution in [0, 0.1) is 11.8 Å². The Hall–Kier alpha value is -1.29. The molecule has 1 aromatic rings. The Morgan fingerprint density at radius 3 is 2.65 bits per heavy atom. The molecular formula is C13H20N4. The third-order valence-corrected chi connectivity index (χ3v) is 3.86. The Labute approximate surface area is 102 Å². The second-order valence-electron chi connectivity index (χ2n) is 5.18. The first-order valence-electron chi connectivity index (χ1n) is 6.44. The highest BCUT2D eigenvalue weighted by Gasteiger charge is 2.30. The molecule has 2 unspecified atom stereocenters. The Morgan fingerprint density at radius 1 is 1.29 bits per heavy atom. The molecule has 4 heteroatoms. The third kappa shape index (κ3) is 2.22. The molecule has 2 bridgehead atoms. The summed E-state index contributed by atoms with van der Waals surface area (Å²) in [6, 6.07) is 4.23. The van der Waals surface area contributed by atoms with Crippen LogP contribution in [0.3, 0.4) is 0 Å². The molecule has 2 saturated heterocycles. The predicted octanol–water partition coefficient (Wildman–Crippen LogP) is 1.17. The van der Waals surface area contributed by atoms with Gasteiger partial charge in [0.25, 0.3) is 0 Å². The van der Waals surface area contributed by atoms with E-state index < -0.39 is 0 Å². The van der Waals surface area contributed by atoms with Gasteiger partial charge >= 0.3 is 0 Å². The van der Waals surface area contributed by atoms with E-state index in [0.29, 0.717) is 0 Å². The lowest BCUT2D eigenvalue weighted by Gasteiger charge is -2.42. The normalized spacial score (nSPS) is 27.9. The minimum absolute atomic E-state index is 0.812. The monoisotopic (exact) mass is 232 g/mol. The maximum atomic E-state index is 4.40. The van der Waals surface area contributed by atoms with Crippen LogP contribution in [-0.2, 0) is 0 Å². The molecular weight excluding hydrogens is 212 g/mol. The van der Waals surface area contributed by atoms with Gasteiger partial charge in [-0.15, -0.1) is 0 Å². The molecule has 3 heterocycles. The lowest BCUT2D eigenvalue weighted by atomic mass is 9.86. The van der Waals surface area contributed by atoms with Gasteiger partial charge in [0.2, 0.25) is 0 Å². The number of hydrogen-bond donors (Lipinski definition) is 2. The van der Waals surface area contributed by atoms with Crippen molar-refractivity contribution in [3.05, 3.63) is 18.3 Å². The number of pyridine rings is 1. The van der Waals surface area contributed by atoms with Crippen LogP contribution in [0.5, 0.6) is 0 Å². The lowest BCUT2D eigenvalue weighted by Crippen LogP contribution is -2.51. The Bertz CT molecular complexity index is 364. The summed E-state index contributed by atoms with van der Waals surface area (Å²) in [6.07, 6.45) is 3.38. The largest absolute Gasteiger partial charge is 0.373 e. The van der Waals surface area contributed by atoms with Crippen molar-refractivity contribution in [2.45, 2.75) is 6.42 Å². The number of piperidine rings is 2. The maximum Gasteiger partial charge on any atom is 0.125 e. The van der Waals surface area contributed by atoms with Crippen LogP contribution in [0.4, 0.5) is 11.5 Å². The van der Waals surface area contributed by atoms with E-state index in [1.54, 1.807) is 0 Å². The van der Waals surface area contributed by atoms with Crippen molar-refractivity contribution in [3.63, 3.8) is 0 Å². The van der Waals surface area contributed by atoms with Gasteiger partial charge in [0.05, 0.1) is 11.9 Å². The van der Waals surface area contributed by atoms with E-state index in [2.05, 4.69) is 32.7 Å². The van der Waals surface area contributed by atoms with Crippen molar-refractivity contribution in [2.24, 2.45) is 11.8 Å². The first-order valence-corrected chi connectivity index (χ1v) is 6.44. The van der Waals surface area contributed by atoms with Gasteiger partial charge in [-0.1, -0.05) is 0 Å². The topological polar surface area (TPSA) is 40.2 Å². The Morgan fingerprint density at radius 2 is 2.06 bits per heavy atom. The van der Waals surface area contributed by atoms with Gasteiger partial charge in [0, 0.05) is 20.1 Å².